The fourth-order valence-corrected chi connectivity index (χ4v) is 4.02. The number of aromatic nitrogens is 2. The largest absolute Gasteiger partial charge is 0.484 e. The van der Waals surface area contributed by atoms with Gasteiger partial charge in [0.25, 0.3) is 5.91 Å². The summed E-state index contributed by atoms with van der Waals surface area (Å²) in [6, 6.07) is 16.9. The minimum Gasteiger partial charge on any atom is -0.484 e. The van der Waals surface area contributed by atoms with Gasteiger partial charge in [-0.05, 0) is 42.7 Å². The zero-order valence-electron chi connectivity index (χ0n) is 17.7. The molecular formula is C24H25ClN4O2. The molecule has 6 nitrogen and oxygen atoms in total. The fraction of sp³-hybridized carbons (Fsp3) is 0.292. The summed E-state index contributed by atoms with van der Waals surface area (Å²) in [4.78, 5) is 26.1. The van der Waals surface area contributed by atoms with Gasteiger partial charge in [-0.15, -0.1) is 0 Å². The van der Waals surface area contributed by atoms with Gasteiger partial charge >= 0.3 is 0 Å². The van der Waals surface area contributed by atoms with Gasteiger partial charge in [0.15, 0.2) is 6.61 Å². The molecule has 0 spiro atoms. The van der Waals surface area contributed by atoms with E-state index in [0.717, 1.165) is 29.7 Å². The number of carbonyl (C=O) groups excluding carboxylic acids is 1. The molecule has 4 rings (SSSR count). The molecule has 0 aliphatic carbocycles. The van der Waals surface area contributed by atoms with E-state index in [9.17, 15) is 4.79 Å². The quantitative estimate of drug-likeness (QED) is 0.565. The molecule has 7 heteroatoms. The predicted octanol–water partition coefficient (Wildman–Crippen LogP) is 4.61. The zero-order chi connectivity index (χ0) is 21.8. The zero-order valence-corrected chi connectivity index (χ0v) is 18.4. The van der Waals surface area contributed by atoms with Crippen LogP contribution in [0.5, 0.6) is 5.75 Å². The lowest BCUT2D eigenvalue weighted by Gasteiger charge is -2.27. The number of likely N-dealkylation sites (tertiary alicyclic amines) is 1. The average molecular weight is 437 g/mol. The molecule has 0 saturated carbocycles. The first-order valence-corrected chi connectivity index (χ1v) is 10.7. The van der Waals surface area contributed by atoms with Crippen molar-refractivity contribution in [2.24, 2.45) is 0 Å². The highest BCUT2D eigenvalue weighted by molar-refractivity contribution is 6.30. The molecule has 1 saturated heterocycles. The molecule has 1 amide bonds. The van der Waals surface area contributed by atoms with Gasteiger partial charge in [-0.2, -0.15) is 0 Å². The molecule has 0 radical (unpaired) electrons. The number of hydrogen-bond donors (Lipinski definition) is 0. The Labute approximate surface area is 187 Å². The predicted molar refractivity (Wildman–Crippen MR) is 122 cm³/mol. The Morgan fingerprint density at radius 1 is 1.19 bits per heavy atom. The van der Waals surface area contributed by atoms with Crippen LogP contribution in [0.25, 0.3) is 11.1 Å². The first-order valence-electron chi connectivity index (χ1n) is 10.3. The Balaban J connectivity index is 1.64. The second kappa shape index (κ2) is 9.35. The number of amides is 1. The van der Waals surface area contributed by atoms with Gasteiger partial charge in [-0.1, -0.05) is 41.9 Å². The molecule has 1 aromatic heterocycles. The van der Waals surface area contributed by atoms with Crippen LogP contribution >= 0.6 is 11.6 Å². The Hall–Kier alpha value is -3.12. The lowest BCUT2D eigenvalue weighted by Crippen LogP contribution is -2.35. The number of para-hydroxylation sites is 1. The maximum Gasteiger partial charge on any atom is 0.261 e. The van der Waals surface area contributed by atoms with Crippen LogP contribution in [0, 0.1) is 0 Å². The number of ether oxygens (including phenoxy) is 1. The smallest absolute Gasteiger partial charge is 0.261 e. The van der Waals surface area contributed by atoms with Gasteiger partial charge in [0, 0.05) is 37.4 Å². The maximum absolute atomic E-state index is 13.0. The van der Waals surface area contributed by atoms with E-state index in [4.69, 9.17) is 21.3 Å². The van der Waals surface area contributed by atoms with E-state index in [-0.39, 0.29) is 18.6 Å². The summed E-state index contributed by atoms with van der Waals surface area (Å²) in [5, 5.41) is 0.649. The number of benzene rings is 2. The molecule has 1 atom stereocenters. The normalized spacial score (nSPS) is 15.7. The fourth-order valence-electron chi connectivity index (χ4n) is 3.83. The van der Waals surface area contributed by atoms with E-state index in [2.05, 4.69) is 4.98 Å². The Kier molecular flexibility index (Phi) is 6.37. The van der Waals surface area contributed by atoms with Gasteiger partial charge in [-0.3, -0.25) is 4.79 Å². The standard InChI is InChI=1S/C24H25ClN4O2/c1-28(2)24-26-15-20(17-8-6-9-18(25)14-17)23(27-24)21-12-7-13-29(21)22(30)16-31-19-10-4-3-5-11-19/h3-6,8-11,14-15,21H,7,12-13,16H2,1-2H3. The van der Waals surface area contributed by atoms with Crippen molar-refractivity contribution in [2.45, 2.75) is 18.9 Å². The molecule has 31 heavy (non-hydrogen) atoms. The van der Waals surface area contributed by atoms with Crippen LogP contribution in [0.3, 0.4) is 0 Å². The van der Waals surface area contributed by atoms with Crippen molar-refractivity contribution >= 4 is 23.5 Å². The highest BCUT2D eigenvalue weighted by Crippen LogP contribution is 2.37. The van der Waals surface area contributed by atoms with Crippen molar-refractivity contribution in [3.05, 3.63) is 71.5 Å². The third-order valence-corrected chi connectivity index (χ3v) is 5.57. The second-order valence-corrected chi connectivity index (χ2v) is 8.16. The molecule has 2 heterocycles. The van der Waals surface area contributed by atoms with E-state index in [1.54, 1.807) is 0 Å². The molecule has 3 aromatic rings. The monoisotopic (exact) mass is 436 g/mol. The highest BCUT2D eigenvalue weighted by atomic mass is 35.5. The van der Waals surface area contributed by atoms with Crippen LogP contribution in [0.4, 0.5) is 5.95 Å². The van der Waals surface area contributed by atoms with Crippen LogP contribution in [0.2, 0.25) is 5.02 Å². The van der Waals surface area contributed by atoms with Crippen LogP contribution in [-0.2, 0) is 4.79 Å². The van der Waals surface area contributed by atoms with Crippen molar-refractivity contribution < 1.29 is 9.53 Å². The summed E-state index contributed by atoms with van der Waals surface area (Å²) in [6.45, 7) is 0.677. The van der Waals surface area contributed by atoms with Gasteiger partial charge < -0.3 is 14.5 Å². The van der Waals surface area contributed by atoms with E-state index in [1.807, 2.05) is 84.7 Å². The highest BCUT2D eigenvalue weighted by Gasteiger charge is 2.33. The van der Waals surface area contributed by atoms with Crippen LogP contribution in [-0.4, -0.2) is 48.0 Å². The van der Waals surface area contributed by atoms with Crippen molar-refractivity contribution in [1.29, 1.82) is 0 Å². The Bertz CT molecular complexity index is 1060. The van der Waals surface area contributed by atoms with Crippen molar-refractivity contribution in [3.63, 3.8) is 0 Å². The van der Waals surface area contributed by atoms with Crippen molar-refractivity contribution in [3.8, 4) is 16.9 Å². The molecule has 0 N–H and O–H groups in total. The molecule has 0 bridgehead atoms. The van der Waals surface area contributed by atoms with Gasteiger partial charge in [0.2, 0.25) is 5.95 Å². The Morgan fingerprint density at radius 2 is 2.00 bits per heavy atom. The molecule has 1 aliphatic heterocycles. The van der Waals surface area contributed by atoms with Crippen LogP contribution < -0.4 is 9.64 Å². The van der Waals surface area contributed by atoms with E-state index >= 15 is 0 Å². The van der Waals surface area contributed by atoms with E-state index < -0.39 is 0 Å². The third kappa shape index (κ3) is 4.80. The Morgan fingerprint density at radius 3 is 2.74 bits per heavy atom. The SMILES string of the molecule is CN(C)c1ncc(-c2cccc(Cl)c2)c(C2CCCN2C(=O)COc2ccccc2)n1. The number of carbonyl (C=O) groups is 1. The first kappa shape index (κ1) is 21.1. The van der Waals surface area contributed by atoms with Gasteiger partial charge in [0.05, 0.1) is 11.7 Å². The summed E-state index contributed by atoms with van der Waals surface area (Å²) < 4.78 is 5.71. The summed E-state index contributed by atoms with van der Waals surface area (Å²) in [6.07, 6.45) is 3.58. The molecule has 2 aromatic carbocycles. The second-order valence-electron chi connectivity index (χ2n) is 7.72. The number of anilines is 1. The van der Waals surface area contributed by atoms with Crippen LogP contribution in [0.1, 0.15) is 24.6 Å². The molecule has 1 aliphatic rings. The number of rotatable bonds is 6. The summed E-state index contributed by atoms with van der Waals surface area (Å²) >= 11 is 6.24. The van der Waals surface area contributed by atoms with E-state index in [0.29, 0.717) is 23.3 Å². The summed E-state index contributed by atoms with van der Waals surface area (Å²) in [7, 11) is 3.81. The average Bonchev–Trinajstić information content (AvgIpc) is 3.27. The number of hydrogen-bond acceptors (Lipinski definition) is 5. The minimum absolute atomic E-state index is 0.00136. The van der Waals surface area contributed by atoms with Crippen LogP contribution in [0.15, 0.2) is 60.8 Å². The molecular weight excluding hydrogens is 412 g/mol. The molecule has 1 unspecified atom stereocenters. The lowest BCUT2D eigenvalue weighted by molar-refractivity contribution is -0.134. The number of nitrogens with zero attached hydrogens (tertiary/aromatic N) is 4. The van der Waals surface area contributed by atoms with Crippen molar-refractivity contribution in [2.75, 3.05) is 32.1 Å². The topological polar surface area (TPSA) is 58.6 Å². The van der Waals surface area contributed by atoms with Gasteiger partial charge in [0.1, 0.15) is 5.75 Å². The first-order chi connectivity index (χ1) is 15.0. The van der Waals surface area contributed by atoms with Crippen molar-refractivity contribution in [1.82, 2.24) is 14.9 Å². The third-order valence-electron chi connectivity index (χ3n) is 5.34. The molecule has 160 valence electrons. The van der Waals surface area contributed by atoms with Gasteiger partial charge in [-0.25, -0.2) is 9.97 Å². The summed E-state index contributed by atoms with van der Waals surface area (Å²) in [5.41, 5.74) is 2.67. The summed E-state index contributed by atoms with van der Waals surface area (Å²) in [5.74, 6) is 1.25. The number of halogens is 1. The maximum atomic E-state index is 13.0. The minimum atomic E-state index is -0.137. The van der Waals surface area contributed by atoms with E-state index in [1.165, 1.54) is 0 Å². The molecule has 1 fully saturated rings. The lowest BCUT2D eigenvalue weighted by atomic mass is 10.00.